The van der Waals surface area contributed by atoms with Crippen LogP contribution < -0.4 is 0 Å². The molecular formula is C15H20N4O4. The minimum atomic E-state index is -0.808. The molecule has 0 saturated carbocycles. The molecule has 0 unspecified atom stereocenters. The van der Waals surface area contributed by atoms with Crippen LogP contribution in [0.3, 0.4) is 0 Å². The first kappa shape index (κ1) is 17.0. The highest BCUT2D eigenvalue weighted by Gasteiger charge is 2.19. The zero-order chi connectivity index (χ0) is 17.0. The van der Waals surface area contributed by atoms with Crippen molar-refractivity contribution in [2.75, 3.05) is 13.1 Å². The summed E-state index contributed by atoms with van der Waals surface area (Å²) in [5.74, 6) is 0.818. The SMILES string of the molecule is CCN(Cc1nc(-c2ccc([N+](=O)[O-])cc2)no1)CC(C)(C)O. The zero-order valence-electron chi connectivity index (χ0n) is 13.4. The molecule has 1 aromatic heterocycles. The Bertz CT molecular complexity index is 661. The van der Waals surface area contributed by atoms with Gasteiger partial charge in [0.25, 0.3) is 5.69 Å². The van der Waals surface area contributed by atoms with Crippen LogP contribution in [0.15, 0.2) is 28.8 Å². The number of nitro groups is 1. The predicted molar refractivity (Wildman–Crippen MR) is 83.6 cm³/mol. The number of hydrogen-bond donors (Lipinski definition) is 1. The molecule has 0 aliphatic heterocycles. The van der Waals surface area contributed by atoms with E-state index in [1.54, 1.807) is 26.0 Å². The minimum absolute atomic E-state index is 0.0137. The van der Waals surface area contributed by atoms with E-state index < -0.39 is 10.5 Å². The maximum Gasteiger partial charge on any atom is 0.269 e. The van der Waals surface area contributed by atoms with E-state index in [9.17, 15) is 15.2 Å². The lowest BCUT2D eigenvalue weighted by Gasteiger charge is -2.26. The Labute approximate surface area is 133 Å². The molecule has 0 aliphatic carbocycles. The molecule has 8 heteroatoms. The summed E-state index contributed by atoms with van der Waals surface area (Å²) < 4.78 is 5.23. The van der Waals surface area contributed by atoms with Crippen molar-refractivity contribution in [1.82, 2.24) is 15.0 Å². The fraction of sp³-hybridized carbons (Fsp3) is 0.467. The van der Waals surface area contributed by atoms with Crippen molar-refractivity contribution in [1.29, 1.82) is 0 Å². The van der Waals surface area contributed by atoms with Gasteiger partial charge in [0, 0.05) is 24.2 Å². The fourth-order valence-electron chi connectivity index (χ4n) is 2.19. The molecule has 8 nitrogen and oxygen atoms in total. The van der Waals surface area contributed by atoms with Gasteiger partial charge in [0.05, 0.1) is 17.1 Å². The molecule has 1 aromatic carbocycles. The number of rotatable bonds is 7. The Hall–Kier alpha value is -2.32. The topological polar surface area (TPSA) is 106 Å². The Morgan fingerprint density at radius 3 is 2.52 bits per heavy atom. The number of benzene rings is 1. The van der Waals surface area contributed by atoms with Crippen LogP contribution in [0.5, 0.6) is 0 Å². The van der Waals surface area contributed by atoms with Gasteiger partial charge < -0.3 is 9.63 Å². The number of nitrogens with zero attached hydrogens (tertiary/aromatic N) is 4. The summed E-state index contributed by atoms with van der Waals surface area (Å²) in [5, 5.41) is 24.4. The number of non-ortho nitro benzene ring substituents is 1. The van der Waals surface area contributed by atoms with E-state index in [0.717, 1.165) is 6.54 Å². The minimum Gasteiger partial charge on any atom is -0.389 e. The first-order valence-electron chi connectivity index (χ1n) is 7.30. The highest BCUT2D eigenvalue weighted by molar-refractivity contribution is 5.56. The van der Waals surface area contributed by atoms with E-state index in [2.05, 4.69) is 10.1 Å². The van der Waals surface area contributed by atoms with E-state index in [4.69, 9.17) is 4.52 Å². The summed E-state index contributed by atoms with van der Waals surface area (Å²) >= 11 is 0. The van der Waals surface area contributed by atoms with Crippen LogP contribution in [0.4, 0.5) is 5.69 Å². The van der Waals surface area contributed by atoms with Gasteiger partial charge in [-0.1, -0.05) is 12.1 Å². The maximum atomic E-state index is 10.7. The Morgan fingerprint density at radius 1 is 1.35 bits per heavy atom. The second-order valence-electron chi connectivity index (χ2n) is 5.93. The number of likely N-dealkylation sites (N-methyl/N-ethyl adjacent to an activating group) is 1. The number of aliphatic hydroxyl groups is 1. The third kappa shape index (κ3) is 4.83. The highest BCUT2D eigenvalue weighted by atomic mass is 16.6. The lowest BCUT2D eigenvalue weighted by Crippen LogP contribution is -2.38. The number of nitro benzene ring substituents is 1. The Balaban J connectivity index is 2.09. The number of hydrogen-bond acceptors (Lipinski definition) is 7. The first-order chi connectivity index (χ1) is 10.8. The van der Waals surface area contributed by atoms with Crippen LogP contribution in [0.25, 0.3) is 11.4 Å². The summed E-state index contributed by atoms with van der Waals surface area (Å²) in [6.07, 6.45) is 0. The molecule has 0 radical (unpaired) electrons. The van der Waals surface area contributed by atoms with Crippen molar-refractivity contribution in [3.8, 4) is 11.4 Å². The summed E-state index contributed by atoms with van der Waals surface area (Å²) in [5.41, 5.74) is -0.145. The number of aromatic nitrogens is 2. The molecule has 0 atom stereocenters. The molecular weight excluding hydrogens is 300 g/mol. The molecule has 0 aliphatic rings. The van der Waals surface area contributed by atoms with Crippen molar-refractivity contribution in [3.63, 3.8) is 0 Å². The molecule has 0 bridgehead atoms. The first-order valence-corrected chi connectivity index (χ1v) is 7.30. The van der Waals surface area contributed by atoms with E-state index >= 15 is 0 Å². The Morgan fingerprint density at radius 2 is 2.00 bits per heavy atom. The van der Waals surface area contributed by atoms with E-state index in [1.807, 2.05) is 11.8 Å². The van der Waals surface area contributed by atoms with Gasteiger partial charge in [-0.25, -0.2) is 0 Å². The second kappa shape index (κ2) is 6.84. The lowest BCUT2D eigenvalue weighted by atomic mass is 10.1. The van der Waals surface area contributed by atoms with Gasteiger partial charge in [-0.05, 0) is 32.5 Å². The van der Waals surface area contributed by atoms with Gasteiger partial charge in [-0.3, -0.25) is 15.0 Å². The van der Waals surface area contributed by atoms with Crippen molar-refractivity contribution in [2.24, 2.45) is 0 Å². The summed E-state index contributed by atoms with van der Waals surface area (Å²) in [6.45, 7) is 7.12. The van der Waals surface area contributed by atoms with Crippen molar-refractivity contribution >= 4 is 5.69 Å². The van der Waals surface area contributed by atoms with E-state index in [1.165, 1.54) is 12.1 Å². The zero-order valence-corrected chi connectivity index (χ0v) is 13.4. The molecule has 23 heavy (non-hydrogen) atoms. The van der Waals surface area contributed by atoms with Gasteiger partial charge >= 0.3 is 0 Å². The lowest BCUT2D eigenvalue weighted by molar-refractivity contribution is -0.384. The molecule has 0 spiro atoms. The normalized spacial score (nSPS) is 11.9. The summed E-state index contributed by atoms with van der Waals surface area (Å²) in [4.78, 5) is 16.5. The van der Waals surface area contributed by atoms with Gasteiger partial charge in [0.2, 0.25) is 11.7 Å². The largest absolute Gasteiger partial charge is 0.389 e. The monoisotopic (exact) mass is 320 g/mol. The molecule has 124 valence electrons. The second-order valence-corrected chi connectivity index (χ2v) is 5.93. The average Bonchev–Trinajstić information content (AvgIpc) is 2.93. The molecule has 1 heterocycles. The fourth-order valence-corrected chi connectivity index (χ4v) is 2.19. The van der Waals surface area contributed by atoms with Gasteiger partial charge in [-0.15, -0.1) is 0 Å². The maximum absolute atomic E-state index is 10.7. The van der Waals surface area contributed by atoms with Crippen LogP contribution in [-0.4, -0.2) is 43.8 Å². The Kier molecular flexibility index (Phi) is 5.07. The molecule has 0 fully saturated rings. The standard InChI is InChI=1S/C15H20N4O4/c1-4-18(10-15(2,3)20)9-13-16-14(17-23-13)11-5-7-12(8-6-11)19(21)22/h5-8,20H,4,9-10H2,1-3H3. The molecule has 2 rings (SSSR count). The smallest absolute Gasteiger partial charge is 0.269 e. The third-order valence-electron chi connectivity index (χ3n) is 3.22. The van der Waals surface area contributed by atoms with Crippen molar-refractivity contribution < 1.29 is 14.6 Å². The third-order valence-corrected chi connectivity index (χ3v) is 3.22. The van der Waals surface area contributed by atoms with Crippen LogP contribution in [0.2, 0.25) is 0 Å². The van der Waals surface area contributed by atoms with Crippen molar-refractivity contribution in [2.45, 2.75) is 32.9 Å². The quantitative estimate of drug-likeness (QED) is 0.616. The van der Waals surface area contributed by atoms with Crippen LogP contribution in [0, 0.1) is 10.1 Å². The van der Waals surface area contributed by atoms with Crippen molar-refractivity contribution in [3.05, 3.63) is 40.3 Å². The van der Waals surface area contributed by atoms with Gasteiger partial charge in [0.1, 0.15) is 0 Å². The van der Waals surface area contributed by atoms with Gasteiger partial charge in [0.15, 0.2) is 0 Å². The van der Waals surface area contributed by atoms with E-state index in [-0.39, 0.29) is 5.69 Å². The average molecular weight is 320 g/mol. The van der Waals surface area contributed by atoms with E-state index in [0.29, 0.717) is 30.4 Å². The molecule has 2 aromatic rings. The van der Waals surface area contributed by atoms with Crippen LogP contribution in [-0.2, 0) is 6.54 Å². The molecule has 0 saturated heterocycles. The highest BCUT2D eigenvalue weighted by Crippen LogP contribution is 2.20. The van der Waals surface area contributed by atoms with Gasteiger partial charge in [-0.2, -0.15) is 4.98 Å². The molecule has 0 amide bonds. The summed E-state index contributed by atoms with van der Waals surface area (Å²) in [7, 11) is 0. The van der Waals surface area contributed by atoms with Crippen LogP contribution >= 0.6 is 0 Å². The summed E-state index contributed by atoms with van der Waals surface area (Å²) in [6, 6.07) is 5.97. The van der Waals surface area contributed by atoms with Crippen LogP contribution in [0.1, 0.15) is 26.7 Å². The molecule has 1 N–H and O–H groups in total. The predicted octanol–water partition coefficient (Wildman–Crippen LogP) is 2.24.